The van der Waals surface area contributed by atoms with Crippen molar-refractivity contribution in [2.75, 3.05) is 31.2 Å². The van der Waals surface area contributed by atoms with Gasteiger partial charge in [-0.1, -0.05) is 0 Å². The van der Waals surface area contributed by atoms with E-state index in [2.05, 4.69) is 11.4 Å². The molecule has 1 saturated heterocycles. The summed E-state index contributed by atoms with van der Waals surface area (Å²) in [7, 11) is 1.27. The van der Waals surface area contributed by atoms with Crippen molar-refractivity contribution in [3.63, 3.8) is 0 Å². The minimum atomic E-state index is -0.561. The van der Waals surface area contributed by atoms with Crippen molar-refractivity contribution in [2.45, 2.75) is 51.7 Å². The number of carbonyl (C=O) groups excluding carboxylic acids is 2. The predicted molar refractivity (Wildman–Crippen MR) is 106 cm³/mol. The summed E-state index contributed by atoms with van der Waals surface area (Å²) in [6, 6.07) is 4.92. The number of anilines is 2. The zero-order valence-electron chi connectivity index (χ0n) is 16.9. The highest BCUT2D eigenvalue weighted by atomic mass is 16.6. The van der Waals surface area contributed by atoms with Crippen molar-refractivity contribution >= 4 is 23.4 Å². The molecule has 8 nitrogen and oxygen atoms in total. The molecule has 0 bridgehead atoms. The topological polar surface area (TPSA) is 118 Å². The number of methoxy groups -OCH3 is 1. The molecule has 1 aromatic rings. The standard InChI is InChI=1S/C20H28N4O4/c1-20(2,3)28-19(26)24-8-6-5-7-15(12-24)23-17-14(11-21)9-13(10-16(17)22)18(25)27-4/h9-10,15,23H,5-8,12,22H2,1-4H3/t15-/m0/s1. The van der Waals surface area contributed by atoms with Crippen LogP contribution < -0.4 is 11.1 Å². The molecule has 1 aromatic carbocycles. The third-order valence-electron chi connectivity index (χ3n) is 4.38. The number of nitrogens with zero attached hydrogens (tertiary/aromatic N) is 2. The van der Waals surface area contributed by atoms with Crippen LogP contribution in [0.15, 0.2) is 12.1 Å². The fourth-order valence-corrected chi connectivity index (χ4v) is 3.11. The molecule has 1 atom stereocenters. The molecule has 0 aromatic heterocycles. The second-order valence-electron chi connectivity index (χ2n) is 7.85. The van der Waals surface area contributed by atoms with Crippen molar-refractivity contribution in [2.24, 2.45) is 0 Å². The van der Waals surface area contributed by atoms with Gasteiger partial charge in [0.2, 0.25) is 0 Å². The summed E-state index contributed by atoms with van der Waals surface area (Å²) in [6.45, 7) is 6.57. The molecule has 0 spiro atoms. The van der Waals surface area contributed by atoms with E-state index in [1.807, 2.05) is 20.8 Å². The summed E-state index contributed by atoms with van der Waals surface area (Å²) in [5.41, 5.74) is 6.76. The van der Waals surface area contributed by atoms with Gasteiger partial charge in [0.1, 0.15) is 11.7 Å². The molecule has 1 fully saturated rings. The number of amides is 1. The molecule has 0 radical (unpaired) electrons. The Labute approximate surface area is 165 Å². The van der Waals surface area contributed by atoms with Crippen molar-refractivity contribution in [1.82, 2.24) is 4.90 Å². The quantitative estimate of drug-likeness (QED) is 0.603. The van der Waals surface area contributed by atoms with E-state index in [1.54, 1.807) is 4.90 Å². The van der Waals surface area contributed by atoms with Crippen molar-refractivity contribution in [3.05, 3.63) is 23.3 Å². The first-order valence-electron chi connectivity index (χ1n) is 9.31. The first-order valence-corrected chi connectivity index (χ1v) is 9.31. The van der Waals surface area contributed by atoms with Crippen LogP contribution in [-0.4, -0.2) is 48.8 Å². The number of ether oxygens (including phenoxy) is 2. The smallest absolute Gasteiger partial charge is 0.410 e. The summed E-state index contributed by atoms with van der Waals surface area (Å²) in [4.78, 5) is 25.9. The van der Waals surface area contributed by atoms with Crippen LogP contribution in [0.25, 0.3) is 0 Å². The third kappa shape index (κ3) is 5.52. The molecule has 1 amide bonds. The Morgan fingerprint density at radius 2 is 2.04 bits per heavy atom. The molecule has 152 valence electrons. The lowest BCUT2D eigenvalue weighted by molar-refractivity contribution is 0.0252. The molecule has 0 saturated carbocycles. The largest absolute Gasteiger partial charge is 0.465 e. The van der Waals surface area contributed by atoms with Gasteiger partial charge in [0.15, 0.2) is 0 Å². The number of rotatable bonds is 3. The van der Waals surface area contributed by atoms with Crippen molar-refractivity contribution in [3.8, 4) is 6.07 Å². The Bertz CT molecular complexity index is 780. The van der Waals surface area contributed by atoms with E-state index in [0.29, 0.717) is 18.8 Å². The highest BCUT2D eigenvalue weighted by Crippen LogP contribution is 2.28. The van der Waals surface area contributed by atoms with Gasteiger partial charge in [-0.2, -0.15) is 5.26 Å². The third-order valence-corrected chi connectivity index (χ3v) is 4.38. The van der Waals surface area contributed by atoms with E-state index in [9.17, 15) is 14.9 Å². The van der Waals surface area contributed by atoms with E-state index >= 15 is 0 Å². The zero-order valence-corrected chi connectivity index (χ0v) is 16.9. The molecule has 1 aliphatic rings. The fourth-order valence-electron chi connectivity index (χ4n) is 3.11. The number of nitrogen functional groups attached to an aromatic ring is 1. The van der Waals surface area contributed by atoms with Crippen molar-refractivity contribution < 1.29 is 19.1 Å². The average Bonchev–Trinajstić information content (AvgIpc) is 2.86. The number of hydrogen-bond donors (Lipinski definition) is 2. The lowest BCUT2D eigenvalue weighted by Crippen LogP contribution is -2.42. The van der Waals surface area contributed by atoms with Crippen LogP contribution >= 0.6 is 0 Å². The summed E-state index contributed by atoms with van der Waals surface area (Å²) < 4.78 is 10.2. The van der Waals surface area contributed by atoms with Gasteiger partial charge in [-0.15, -0.1) is 0 Å². The van der Waals surface area contributed by atoms with Gasteiger partial charge in [-0.05, 0) is 52.2 Å². The van der Waals surface area contributed by atoms with Gasteiger partial charge >= 0.3 is 12.1 Å². The van der Waals surface area contributed by atoms with Gasteiger partial charge < -0.3 is 25.4 Å². The van der Waals surface area contributed by atoms with Gasteiger partial charge in [0.25, 0.3) is 0 Å². The second-order valence-corrected chi connectivity index (χ2v) is 7.85. The minimum Gasteiger partial charge on any atom is -0.465 e. The number of esters is 1. The maximum absolute atomic E-state index is 12.5. The van der Waals surface area contributed by atoms with Gasteiger partial charge in [-0.25, -0.2) is 9.59 Å². The highest BCUT2D eigenvalue weighted by Gasteiger charge is 2.27. The number of likely N-dealkylation sites (tertiary alicyclic amines) is 1. The van der Waals surface area contributed by atoms with Gasteiger partial charge in [-0.3, -0.25) is 0 Å². The van der Waals surface area contributed by atoms with Crippen LogP contribution in [0.3, 0.4) is 0 Å². The SMILES string of the molecule is COC(=O)c1cc(N)c(N[C@H]2CCCCN(C(=O)OC(C)(C)C)C2)c(C#N)c1. The van der Waals surface area contributed by atoms with Crippen LogP contribution in [0.5, 0.6) is 0 Å². The van der Waals surface area contributed by atoms with E-state index in [-0.39, 0.29) is 28.9 Å². The minimum absolute atomic E-state index is 0.0894. The molecule has 0 unspecified atom stereocenters. The van der Waals surface area contributed by atoms with Crippen LogP contribution in [0.2, 0.25) is 0 Å². The van der Waals surface area contributed by atoms with Crippen LogP contribution in [-0.2, 0) is 9.47 Å². The van der Waals surface area contributed by atoms with Crippen LogP contribution in [0.1, 0.15) is 56.0 Å². The van der Waals surface area contributed by atoms with E-state index < -0.39 is 11.6 Å². The van der Waals surface area contributed by atoms with Crippen LogP contribution in [0, 0.1) is 11.3 Å². The Morgan fingerprint density at radius 1 is 1.32 bits per heavy atom. The maximum atomic E-state index is 12.5. The monoisotopic (exact) mass is 388 g/mol. The number of benzene rings is 1. The van der Waals surface area contributed by atoms with Gasteiger partial charge in [0.05, 0.1) is 29.6 Å². The Hall–Kier alpha value is -2.95. The van der Waals surface area contributed by atoms with Gasteiger partial charge in [0, 0.05) is 19.1 Å². The lowest BCUT2D eigenvalue weighted by Gasteiger charge is -2.29. The Kier molecular flexibility index (Phi) is 6.73. The first-order chi connectivity index (χ1) is 13.1. The first kappa shape index (κ1) is 21.4. The Balaban J connectivity index is 2.20. The van der Waals surface area contributed by atoms with Crippen molar-refractivity contribution in [1.29, 1.82) is 5.26 Å². The zero-order chi connectivity index (χ0) is 20.9. The molecule has 8 heteroatoms. The normalized spacial score (nSPS) is 17.2. The number of hydrogen-bond acceptors (Lipinski definition) is 7. The van der Waals surface area contributed by atoms with E-state index in [1.165, 1.54) is 19.2 Å². The second kappa shape index (κ2) is 8.83. The number of carbonyl (C=O) groups is 2. The summed E-state index contributed by atoms with van der Waals surface area (Å²) in [6.07, 6.45) is 2.27. The van der Waals surface area contributed by atoms with Crippen LogP contribution in [0.4, 0.5) is 16.2 Å². The lowest BCUT2D eigenvalue weighted by atomic mass is 10.0. The number of nitrogens with two attached hydrogens (primary N) is 1. The molecule has 1 aliphatic heterocycles. The molecule has 3 N–H and O–H groups in total. The molecule has 2 rings (SSSR count). The summed E-state index contributed by atoms with van der Waals surface area (Å²) in [5, 5.41) is 12.8. The molecule has 0 aliphatic carbocycles. The summed E-state index contributed by atoms with van der Waals surface area (Å²) in [5.74, 6) is -0.555. The average molecular weight is 388 g/mol. The fraction of sp³-hybridized carbons (Fsp3) is 0.550. The number of nitrogens with one attached hydrogen (secondary N) is 1. The van der Waals surface area contributed by atoms with E-state index in [4.69, 9.17) is 15.2 Å². The Morgan fingerprint density at radius 3 is 2.64 bits per heavy atom. The van der Waals surface area contributed by atoms with E-state index in [0.717, 1.165) is 19.3 Å². The predicted octanol–water partition coefficient (Wildman–Crippen LogP) is 3.13. The molecular weight excluding hydrogens is 360 g/mol. The molecule has 28 heavy (non-hydrogen) atoms. The summed E-state index contributed by atoms with van der Waals surface area (Å²) >= 11 is 0. The molecular formula is C20H28N4O4. The number of nitriles is 1. The molecule has 1 heterocycles. The maximum Gasteiger partial charge on any atom is 0.410 e. The highest BCUT2D eigenvalue weighted by molar-refractivity contribution is 5.93.